The third-order valence-electron chi connectivity index (χ3n) is 3.51. The van der Waals surface area contributed by atoms with Gasteiger partial charge in [0, 0.05) is 25.3 Å². The molecule has 1 atom stereocenters. The molecule has 2 rings (SSSR count). The van der Waals surface area contributed by atoms with Crippen LogP contribution in [-0.2, 0) is 0 Å². The fourth-order valence-electron chi connectivity index (χ4n) is 2.35. The second-order valence-corrected chi connectivity index (χ2v) is 4.87. The van der Waals surface area contributed by atoms with Gasteiger partial charge in [-0.05, 0) is 50.3 Å². The van der Waals surface area contributed by atoms with Crippen LogP contribution in [0, 0.1) is 12.8 Å². The molecule has 1 aliphatic heterocycles. The molecular formula is C13H21N3. The van der Waals surface area contributed by atoms with Crippen molar-refractivity contribution in [3.05, 3.63) is 23.9 Å². The Balaban J connectivity index is 1.99. The van der Waals surface area contributed by atoms with Crippen molar-refractivity contribution in [2.24, 2.45) is 11.7 Å². The number of aryl methyl sites for hydroxylation is 1. The van der Waals surface area contributed by atoms with Crippen LogP contribution in [0.1, 0.15) is 25.3 Å². The maximum Gasteiger partial charge on any atom is 0.128 e. The molecule has 1 saturated heterocycles. The second-order valence-electron chi connectivity index (χ2n) is 4.87. The minimum atomic E-state index is 0.326. The molecule has 1 aromatic rings. The number of hydrogen-bond donors (Lipinski definition) is 1. The molecule has 3 heteroatoms. The maximum atomic E-state index is 5.94. The third kappa shape index (κ3) is 2.53. The zero-order chi connectivity index (χ0) is 11.5. The van der Waals surface area contributed by atoms with Crippen LogP contribution in [0.15, 0.2) is 18.3 Å². The molecule has 16 heavy (non-hydrogen) atoms. The van der Waals surface area contributed by atoms with Crippen LogP contribution in [-0.4, -0.2) is 24.1 Å². The number of piperidine rings is 1. The third-order valence-corrected chi connectivity index (χ3v) is 3.51. The first-order valence-electron chi connectivity index (χ1n) is 6.10. The van der Waals surface area contributed by atoms with Gasteiger partial charge in [-0.3, -0.25) is 0 Å². The average Bonchev–Trinajstić information content (AvgIpc) is 2.29. The largest absolute Gasteiger partial charge is 0.357 e. The highest BCUT2D eigenvalue weighted by atomic mass is 15.2. The Morgan fingerprint density at radius 2 is 2.12 bits per heavy atom. The van der Waals surface area contributed by atoms with Gasteiger partial charge in [0.2, 0.25) is 0 Å². The number of anilines is 1. The van der Waals surface area contributed by atoms with Crippen LogP contribution in [0.5, 0.6) is 0 Å². The summed E-state index contributed by atoms with van der Waals surface area (Å²) in [6.45, 7) is 6.40. The van der Waals surface area contributed by atoms with Crippen molar-refractivity contribution in [1.82, 2.24) is 4.98 Å². The predicted molar refractivity (Wildman–Crippen MR) is 67.6 cm³/mol. The summed E-state index contributed by atoms with van der Waals surface area (Å²) in [7, 11) is 0. The summed E-state index contributed by atoms with van der Waals surface area (Å²) in [5.74, 6) is 1.80. The minimum absolute atomic E-state index is 0.326. The van der Waals surface area contributed by atoms with E-state index in [1.54, 1.807) is 0 Å². The molecular weight excluding hydrogens is 198 g/mol. The molecule has 1 aliphatic rings. The van der Waals surface area contributed by atoms with Gasteiger partial charge in [-0.25, -0.2) is 4.98 Å². The molecule has 1 fully saturated rings. The molecule has 0 aliphatic carbocycles. The Morgan fingerprint density at radius 1 is 1.44 bits per heavy atom. The Morgan fingerprint density at radius 3 is 2.69 bits per heavy atom. The quantitative estimate of drug-likeness (QED) is 0.826. The number of pyridine rings is 1. The van der Waals surface area contributed by atoms with Crippen LogP contribution >= 0.6 is 0 Å². The fraction of sp³-hybridized carbons (Fsp3) is 0.615. The van der Waals surface area contributed by atoms with Gasteiger partial charge < -0.3 is 10.6 Å². The van der Waals surface area contributed by atoms with Crippen molar-refractivity contribution in [2.75, 3.05) is 18.0 Å². The van der Waals surface area contributed by atoms with E-state index in [-0.39, 0.29) is 0 Å². The summed E-state index contributed by atoms with van der Waals surface area (Å²) in [6, 6.07) is 4.53. The molecule has 1 unspecified atom stereocenters. The number of rotatable bonds is 2. The van der Waals surface area contributed by atoms with E-state index in [1.807, 2.05) is 12.3 Å². The maximum absolute atomic E-state index is 5.94. The lowest BCUT2D eigenvalue weighted by atomic mass is 9.91. The molecule has 0 amide bonds. The molecule has 0 saturated carbocycles. The summed E-state index contributed by atoms with van der Waals surface area (Å²) in [5, 5.41) is 0. The van der Waals surface area contributed by atoms with Crippen LogP contribution in [0.3, 0.4) is 0 Å². The minimum Gasteiger partial charge on any atom is -0.357 e. The van der Waals surface area contributed by atoms with Gasteiger partial charge in [0.25, 0.3) is 0 Å². The van der Waals surface area contributed by atoms with Gasteiger partial charge in [0.15, 0.2) is 0 Å². The number of aromatic nitrogens is 1. The SMILES string of the molecule is Cc1ccnc(N2CCC(C(C)N)CC2)c1. The molecule has 0 spiro atoms. The Labute approximate surface area is 97.7 Å². The van der Waals surface area contributed by atoms with Crippen LogP contribution in [0.25, 0.3) is 0 Å². The molecule has 3 nitrogen and oxygen atoms in total. The predicted octanol–water partition coefficient (Wildman–Crippen LogP) is 1.95. The van der Waals surface area contributed by atoms with E-state index in [2.05, 4.69) is 29.8 Å². The highest BCUT2D eigenvalue weighted by molar-refractivity contribution is 5.40. The summed E-state index contributed by atoms with van der Waals surface area (Å²) in [6.07, 6.45) is 4.27. The van der Waals surface area contributed by atoms with Crippen molar-refractivity contribution in [2.45, 2.75) is 32.7 Å². The number of nitrogens with two attached hydrogens (primary N) is 1. The van der Waals surface area contributed by atoms with E-state index in [0.717, 1.165) is 18.9 Å². The van der Waals surface area contributed by atoms with Crippen molar-refractivity contribution >= 4 is 5.82 Å². The van der Waals surface area contributed by atoms with Crippen molar-refractivity contribution in [3.63, 3.8) is 0 Å². The second kappa shape index (κ2) is 4.83. The van der Waals surface area contributed by atoms with Gasteiger partial charge in [-0.2, -0.15) is 0 Å². The molecule has 1 aromatic heterocycles. The van der Waals surface area contributed by atoms with Gasteiger partial charge in [0.1, 0.15) is 5.82 Å². The van der Waals surface area contributed by atoms with Crippen LogP contribution < -0.4 is 10.6 Å². The average molecular weight is 219 g/mol. The van der Waals surface area contributed by atoms with Gasteiger partial charge in [0.05, 0.1) is 0 Å². The van der Waals surface area contributed by atoms with Crippen molar-refractivity contribution in [3.8, 4) is 0 Å². The number of hydrogen-bond acceptors (Lipinski definition) is 3. The lowest BCUT2D eigenvalue weighted by Gasteiger charge is -2.34. The van der Waals surface area contributed by atoms with E-state index in [1.165, 1.54) is 18.4 Å². The topological polar surface area (TPSA) is 42.2 Å². The molecule has 0 aromatic carbocycles. The van der Waals surface area contributed by atoms with E-state index in [4.69, 9.17) is 5.73 Å². The molecule has 0 bridgehead atoms. The normalized spacial score (nSPS) is 19.8. The van der Waals surface area contributed by atoms with Gasteiger partial charge >= 0.3 is 0 Å². The van der Waals surface area contributed by atoms with E-state index in [0.29, 0.717) is 12.0 Å². The van der Waals surface area contributed by atoms with Crippen molar-refractivity contribution < 1.29 is 0 Å². The molecule has 0 radical (unpaired) electrons. The number of nitrogens with zero attached hydrogens (tertiary/aromatic N) is 2. The van der Waals surface area contributed by atoms with E-state index in [9.17, 15) is 0 Å². The monoisotopic (exact) mass is 219 g/mol. The van der Waals surface area contributed by atoms with Gasteiger partial charge in [-0.1, -0.05) is 0 Å². The molecule has 2 N–H and O–H groups in total. The lowest BCUT2D eigenvalue weighted by Crippen LogP contribution is -2.40. The molecule has 88 valence electrons. The summed E-state index contributed by atoms with van der Waals surface area (Å²) < 4.78 is 0. The van der Waals surface area contributed by atoms with Crippen molar-refractivity contribution in [1.29, 1.82) is 0 Å². The highest BCUT2D eigenvalue weighted by Crippen LogP contribution is 2.23. The zero-order valence-electron chi connectivity index (χ0n) is 10.2. The Hall–Kier alpha value is -1.09. The highest BCUT2D eigenvalue weighted by Gasteiger charge is 2.22. The first-order chi connectivity index (χ1) is 7.66. The smallest absolute Gasteiger partial charge is 0.128 e. The molecule has 2 heterocycles. The summed E-state index contributed by atoms with van der Waals surface area (Å²) >= 11 is 0. The Bertz CT molecular complexity index is 341. The Kier molecular flexibility index (Phi) is 3.44. The lowest BCUT2D eigenvalue weighted by molar-refractivity contribution is 0.353. The van der Waals surface area contributed by atoms with E-state index < -0.39 is 0 Å². The van der Waals surface area contributed by atoms with Crippen LogP contribution in [0.2, 0.25) is 0 Å². The zero-order valence-corrected chi connectivity index (χ0v) is 10.2. The first kappa shape index (κ1) is 11.4. The van der Waals surface area contributed by atoms with Crippen LogP contribution in [0.4, 0.5) is 5.82 Å². The first-order valence-corrected chi connectivity index (χ1v) is 6.10. The van der Waals surface area contributed by atoms with Gasteiger partial charge in [-0.15, -0.1) is 0 Å². The summed E-state index contributed by atoms with van der Waals surface area (Å²) in [5.41, 5.74) is 7.22. The standard InChI is InChI=1S/C13H21N3/c1-10-3-6-15-13(9-10)16-7-4-12(5-8-16)11(2)14/h3,6,9,11-12H,4-5,7-8,14H2,1-2H3. The summed E-state index contributed by atoms with van der Waals surface area (Å²) in [4.78, 5) is 6.79. The van der Waals surface area contributed by atoms with E-state index >= 15 is 0 Å². The fourth-order valence-corrected chi connectivity index (χ4v) is 2.35.